The number of hydrogen-bond acceptors (Lipinski definition) is 5. The molecule has 2 heterocycles. The normalized spacial score (nSPS) is 16.7. The fourth-order valence-corrected chi connectivity index (χ4v) is 5.94. The monoisotopic (exact) mass is 559 g/mol. The average Bonchev–Trinajstić information content (AvgIpc) is 3.18. The number of aliphatic carboxylic acids is 1. The van der Waals surface area contributed by atoms with Crippen molar-refractivity contribution in [3.8, 4) is 0 Å². The van der Waals surface area contributed by atoms with Gasteiger partial charge in [0.15, 0.2) is 5.13 Å². The molecule has 0 bridgehead atoms. The molecular formula is C26H30ClF4N3O2S. The van der Waals surface area contributed by atoms with E-state index in [2.05, 4.69) is 27.8 Å². The van der Waals surface area contributed by atoms with Crippen molar-refractivity contribution in [3.63, 3.8) is 0 Å². The third-order valence-electron chi connectivity index (χ3n) is 6.43. The molecule has 0 radical (unpaired) electrons. The van der Waals surface area contributed by atoms with Gasteiger partial charge in [-0.15, -0.1) is 12.4 Å². The van der Waals surface area contributed by atoms with Crippen molar-refractivity contribution < 1.29 is 27.5 Å². The first-order chi connectivity index (χ1) is 17.0. The lowest BCUT2D eigenvalue weighted by Gasteiger charge is -2.41. The number of halogens is 5. The number of carboxylic acids is 1. The molecule has 1 N–H and O–H groups in total. The van der Waals surface area contributed by atoms with Crippen molar-refractivity contribution in [2.45, 2.75) is 58.3 Å². The highest BCUT2D eigenvalue weighted by Gasteiger charge is 2.35. The molecule has 11 heteroatoms. The summed E-state index contributed by atoms with van der Waals surface area (Å²) in [6, 6.07) is 7.75. The van der Waals surface area contributed by atoms with Crippen LogP contribution in [0.3, 0.4) is 0 Å². The number of unbranched alkanes of at least 4 members (excludes halogenated alkanes) is 1. The van der Waals surface area contributed by atoms with Crippen molar-refractivity contribution in [2.75, 3.05) is 24.5 Å². The number of benzene rings is 2. The lowest BCUT2D eigenvalue weighted by molar-refractivity contribution is -0.140. The Hall–Kier alpha value is -2.43. The number of aromatic nitrogens is 1. The molecular weight excluding hydrogens is 530 g/mol. The molecule has 1 fully saturated rings. The van der Waals surface area contributed by atoms with Crippen LogP contribution in [0, 0.1) is 12.7 Å². The molecule has 0 spiro atoms. The van der Waals surface area contributed by atoms with Gasteiger partial charge < -0.3 is 10.0 Å². The van der Waals surface area contributed by atoms with E-state index in [1.165, 1.54) is 11.3 Å². The van der Waals surface area contributed by atoms with Crippen LogP contribution in [-0.2, 0) is 23.9 Å². The second-order valence-electron chi connectivity index (χ2n) is 9.42. The van der Waals surface area contributed by atoms with E-state index < -0.39 is 23.5 Å². The summed E-state index contributed by atoms with van der Waals surface area (Å²) in [5, 5.41) is 9.76. The maximum Gasteiger partial charge on any atom is 0.419 e. The smallest absolute Gasteiger partial charge is 0.419 e. The Kier molecular flexibility index (Phi) is 9.42. The zero-order valence-corrected chi connectivity index (χ0v) is 22.3. The third kappa shape index (κ3) is 7.12. The van der Waals surface area contributed by atoms with Gasteiger partial charge in [0.25, 0.3) is 0 Å². The van der Waals surface area contributed by atoms with Gasteiger partial charge in [-0.05, 0) is 30.5 Å². The number of aryl methyl sites for hydroxylation is 1. The first-order valence-corrected chi connectivity index (χ1v) is 12.8. The van der Waals surface area contributed by atoms with Gasteiger partial charge in [-0.25, -0.2) is 9.37 Å². The van der Waals surface area contributed by atoms with E-state index >= 15 is 0 Å². The van der Waals surface area contributed by atoms with Crippen LogP contribution in [0.25, 0.3) is 10.2 Å². The Morgan fingerprint density at radius 1 is 1.16 bits per heavy atom. The van der Waals surface area contributed by atoms with E-state index in [0.717, 1.165) is 61.2 Å². The van der Waals surface area contributed by atoms with Gasteiger partial charge in [0.05, 0.1) is 22.2 Å². The Morgan fingerprint density at radius 2 is 1.89 bits per heavy atom. The Morgan fingerprint density at radius 3 is 2.57 bits per heavy atom. The second kappa shape index (κ2) is 12.0. The lowest BCUT2D eigenvalue weighted by atomic mass is 10.0. The summed E-state index contributed by atoms with van der Waals surface area (Å²) in [7, 11) is 0. The zero-order chi connectivity index (χ0) is 26.0. The summed E-state index contributed by atoms with van der Waals surface area (Å²) in [6.45, 7) is 6.88. The minimum Gasteiger partial charge on any atom is -0.481 e. The third-order valence-corrected chi connectivity index (χ3v) is 7.49. The quantitative estimate of drug-likeness (QED) is 0.312. The number of carbonyl (C=O) groups is 1. The van der Waals surface area contributed by atoms with E-state index in [0.29, 0.717) is 22.9 Å². The van der Waals surface area contributed by atoms with Gasteiger partial charge in [-0.1, -0.05) is 54.9 Å². The highest BCUT2D eigenvalue weighted by Crippen LogP contribution is 2.38. The summed E-state index contributed by atoms with van der Waals surface area (Å²) in [4.78, 5) is 20.1. The number of piperazine rings is 1. The SMILES string of the molecule is CCCC[C@H]1CN(Cc2cc(C)cc(CC(=O)O)c2)CCN1c1nc2cc(F)c(C(F)(F)F)cc2s1.Cl. The van der Waals surface area contributed by atoms with Crippen LogP contribution in [-0.4, -0.2) is 46.6 Å². The van der Waals surface area contributed by atoms with Crippen molar-refractivity contribution in [1.29, 1.82) is 0 Å². The molecule has 1 aliphatic rings. The van der Waals surface area contributed by atoms with E-state index in [9.17, 15) is 22.4 Å². The van der Waals surface area contributed by atoms with Gasteiger partial charge in [0, 0.05) is 38.3 Å². The largest absolute Gasteiger partial charge is 0.481 e. The molecule has 0 amide bonds. The van der Waals surface area contributed by atoms with Crippen LogP contribution >= 0.6 is 23.7 Å². The molecule has 1 atom stereocenters. The molecule has 1 aliphatic heterocycles. The topological polar surface area (TPSA) is 56.7 Å². The van der Waals surface area contributed by atoms with E-state index in [4.69, 9.17) is 5.11 Å². The first kappa shape index (κ1) is 29.1. The number of nitrogens with zero attached hydrogens (tertiary/aromatic N) is 3. The fraction of sp³-hybridized carbons (Fsp3) is 0.462. The molecule has 37 heavy (non-hydrogen) atoms. The van der Waals surface area contributed by atoms with Gasteiger partial charge >= 0.3 is 12.1 Å². The van der Waals surface area contributed by atoms with Gasteiger partial charge in [-0.2, -0.15) is 13.2 Å². The number of rotatable bonds is 8. The van der Waals surface area contributed by atoms with Crippen molar-refractivity contribution in [2.24, 2.45) is 0 Å². The summed E-state index contributed by atoms with van der Waals surface area (Å²) in [5.41, 5.74) is 1.83. The van der Waals surface area contributed by atoms with Crippen LogP contribution in [0.5, 0.6) is 0 Å². The number of anilines is 1. The standard InChI is InChI=1S/C26H29F4N3O2S.ClH/c1-3-4-5-19-15-32(14-18-9-16(2)8-17(10-18)11-24(34)35)6-7-33(19)25-31-22-13-21(27)20(26(28,29)30)12-23(22)36-25;/h8-10,12-13,19H,3-7,11,14-15H2,1-2H3,(H,34,35);1H/t19-;/m0./s1. The fourth-order valence-electron chi connectivity index (χ4n) is 4.85. The number of alkyl halides is 3. The minimum atomic E-state index is -4.75. The minimum absolute atomic E-state index is 0. The van der Waals surface area contributed by atoms with Crippen LogP contribution < -0.4 is 4.90 Å². The molecule has 5 nitrogen and oxygen atoms in total. The van der Waals surface area contributed by atoms with Crippen LogP contribution in [0.2, 0.25) is 0 Å². The zero-order valence-electron chi connectivity index (χ0n) is 20.6. The summed E-state index contributed by atoms with van der Waals surface area (Å²) < 4.78 is 53.9. The first-order valence-electron chi connectivity index (χ1n) is 12.0. The van der Waals surface area contributed by atoms with Gasteiger partial charge in [0.1, 0.15) is 5.82 Å². The maximum atomic E-state index is 14.1. The van der Waals surface area contributed by atoms with Gasteiger partial charge in [0.2, 0.25) is 0 Å². The van der Waals surface area contributed by atoms with Crippen molar-refractivity contribution in [1.82, 2.24) is 9.88 Å². The Balaban J connectivity index is 0.00000380. The van der Waals surface area contributed by atoms with Crippen LogP contribution in [0.1, 0.15) is 48.4 Å². The summed E-state index contributed by atoms with van der Waals surface area (Å²) in [5.74, 6) is -2.17. The molecule has 1 saturated heterocycles. The van der Waals surface area contributed by atoms with Crippen LogP contribution in [0.4, 0.5) is 22.7 Å². The second-order valence-corrected chi connectivity index (χ2v) is 10.4. The lowest BCUT2D eigenvalue weighted by Crippen LogP contribution is -2.53. The molecule has 202 valence electrons. The predicted molar refractivity (Wildman–Crippen MR) is 140 cm³/mol. The molecule has 0 saturated carbocycles. The highest BCUT2D eigenvalue weighted by atomic mass is 35.5. The highest BCUT2D eigenvalue weighted by molar-refractivity contribution is 7.22. The van der Waals surface area contributed by atoms with Crippen molar-refractivity contribution >= 4 is 45.1 Å². The molecule has 3 aromatic rings. The maximum absolute atomic E-state index is 14.1. The molecule has 2 aromatic carbocycles. The molecule has 0 aliphatic carbocycles. The van der Waals surface area contributed by atoms with Crippen LogP contribution in [0.15, 0.2) is 30.3 Å². The predicted octanol–water partition coefficient (Wildman–Crippen LogP) is 6.69. The number of hydrogen-bond donors (Lipinski definition) is 1. The number of fused-ring (bicyclic) bond motifs is 1. The summed E-state index contributed by atoms with van der Waals surface area (Å²) >= 11 is 1.17. The van der Waals surface area contributed by atoms with Gasteiger partial charge in [-0.3, -0.25) is 9.69 Å². The number of thiazole rings is 1. The van der Waals surface area contributed by atoms with Crippen molar-refractivity contribution in [3.05, 3.63) is 58.4 Å². The van der Waals surface area contributed by atoms with E-state index in [1.807, 2.05) is 19.1 Å². The van der Waals surface area contributed by atoms with E-state index in [-0.39, 0.29) is 30.4 Å². The Bertz CT molecular complexity index is 1250. The molecule has 1 aromatic heterocycles. The molecule has 4 rings (SSSR count). The molecule has 0 unspecified atom stereocenters. The number of carboxylic acid groups (broad SMARTS) is 1. The van der Waals surface area contributed by atoms with E-state index in [1.54, 1.807) is 0 Å². The summed E-state index contributed by atoms with van der Waals surface area (Å²) in [6.07, 6.45) is -1.85. The average molecular weight is 560 g/mol. The Labute approximate surface area is 223 Å².